The maximum atomic E-state index is 12.6. The summed E-state index contributed by atoms with van der Waals surface area (Å²) in [5.41, 5.74) is 1.62. The van der Waals surface area contributed by atoms with Gasteiger partial charge in [-0.1, -0.05) is 18.2 Å². The van der Waals surface area contributed by atoms with Gasteiger partial charge in [0.05, 0.1) is 17.2 Å². The summed E-state index contributed by atoms with van der Waals surface area (Å²) in [4.78, 5) is 33.2. The van der Waals surface area contributed by atoms with E-state index in [4.69, 9.17) is 0 Å². The smallest absolute Gasteiger partial charge is 0.261 e. The highest BCUT2D eigenvalue weighted by Crippen LogP contribution is 2.20. The van der Waals surface area contributed by atoms with E-state index in [1.807, 2.05) is 30.4 Å². The van der Waals surface area contributed by atoms with Crippen LogP contribution in [-0.4, -0.2) is 40.0 Å². The van der Waals surface area contributed by atoms with E-state index in [-0.39, 0.29) is 17.9 Å². The zero-order chi connectivity index (χ0) is 20.9. The molecule has 4 rings (SSSR count). The fourth-order valence-electron chi connectivity index (χ4n) is 4.04. The molecule has 7 heteroatoms. The third-order valence-electron chi connectivity index (χ3n) is 5.89. The highest BCUT2D eigenvalue weighted by Gasteiger charge is 2.20. The number of aryl methyl sites for hydroxylation is 2. The van der Waals surface area contributed by atoms with E-state index in [9.17, 15) is 9.59 Å². The molecule has 1 N–H and O–H groups in total. The minimum Gasteiger partial charge on any atom is -0.356 e. The van der Waals surface area contributed by atoms with Gasteiger partial charge in [0.1, 0.15) is 0 Å². The molecule has 2 aromatic heterocycles. The fourth-order valence-corrected chi connectivity index (χ4v) is 4.78. The first-order chi connectivity index (χ1) is 14.6. The number of para-hydroxylation sites is 1. The average Bonchev–Trinajstić information content (AvgIpc) is 3.26. The van der Waals surface area contributed by atoms with Crippen LogP contribution in [0.2, 0.25) is 0 Å². The Hall–Kier alpha value is -2.51. The van der Waals surface area contributed by atoms with Gasteiger partial charge in [0.15, 0.2) is 0 Å². The van der Waals surface area contributed by atoms with Gasteiger partial charge in [0.2, 0.25) is 5.91 Å². The van der Waals surface area contributed by atoms with Crippen LogP contribution < -0.4 is 10.9 Å². The van der Waals surface area contributed by atoms with Gasteiger partial charge in [0, 0.05) is 30.9 Å². The van der Waals surface area contributed by atoms with Crippen LogP contribution in [-0.2, 0) is 17.9 Å². The molecule has 1 aliphatic rings. The molecular weight excluding hydrogens is 396 g/mol. The quantitative estimate of drug-likeness (QED) is 0.633. The van der Waals surface area contributed by atoms with E-state index in [1.165, 1.54) is 9.44 Å². The number of piperidine rings is 1. The fraction of sp³-hybridized carbons (Fsp3) is 0.435. The SMILES string of the molecule is Cc1cccc2c(=O)n(CCC(=O)NCC3CCN(Cc4cccs4)CC3)cnc12. The van der Waals surface area contributed by atoms with Crippen LogP contribution in [0.25, 0.3) is 10.9 Å². The van der Waals surface area contributed by atoms with Crippen LogP contribution in [0, 0.1) is 12.8 Å². The van der Waals surface area contributed by atoms with Gasteiger partial charge in [-0.15, -0.1) is 11.3 Å². The first-order valence-corrected chi connectivity index (χ1v) is 11.4. The highest BCUT2D eigenvalue weighted by atomic mass is 32.1. The molecule has 0 atom stereocenters. The highest BCUT2D eigenvalue weighted by molar-refractivity contribution is 7.09. The molecule has 1 amide bonds. The Labute approximate surface area is 180 Å². The second-order valence-corrected chi connectivity index (χ2v) is 9.10. The summed E-state index contributed by atoms with van der Waals surface area (Å²) >= 11 is 1.81. The number of hydrogen-bond acceptors (Lipinski definition) is 5. The topological polar surface area (TPSA) is 67.2 Å². The molecule has 1 aromatic carbocycles. The van der Waals surface area contributed by atoms with Crippen molar-refractivity contribution in [3.8, 4) is 0 Å². The average molecular weight is 425 g/mol. The molecule has 0 saturated carbocycles. The first-order valence-electron chi connectivity index (χ1n) is 10.6. The Bertz CT molecular complexity index is 1050. The molecule has 158 valence electrons. The number of aromatic nitrogens is 2. The monoisotopic (exact) mass is 424 g/mol. The number of rotatable bonds is 7. The van der Waals surface area contributed by atoms with Crippen molar-refractivity contribution in [3.63, 3.8) is 0 Å². The van der Waals surface area contributed by atoms with Crippen molar-refractivity contribution >= 4 is 28.1 Å². The number of likely N-dealkylation sites (tertiary alicyclic amines) is 1. The second-order valence-electron chi connectivity index (χ2n) is 8.07. The molecule has 1 aliphatic heterocycles. The molecule has 3 aromatic rings. The minimum absolute atomic E-state index is 0.00717. The number of benzene rings is 1. The van der Waals surface area contributed by atoms with Gasteiger partial charge in [-0.3, -0.25) is 19.1 Å². The lowest BCUT2D eigenvalue weighted by Crippen LogP contribution is -2.38. The van der Waals surface area contributed by atoms with Crippen LogP contribution in [0.15, 0.2) is 46.8 Å². The Morgan fingerprint density at radius 3 is 2.83 bits per heavy atom. The summed E-state index contributed by atoms with van der Waals surface area (Å²) in [6.45, 7) is 6.20. The Kier molecular flexibility index (Phi) is 6.59. The number of hydrogen-bond donors (Lipinski definition) is 1. The zero-order valence-electron chi connectivity index (χ0n) is 17.3. The zero-order valence-corrected chi connectivity index (χ0v) is 18.2. The molecule has 0 unspecified atom stereocenters. The maximum Gasteiger partial charge on any atom is 0.261 e. The second kappa shape index (κ2) is 9.53. The van der Waals surface area contributed by atoms with Gasteiger partial charge in [-0.05, 0) is 61.8 Å². The largest absolute Gasteiger partial charge is 0.356 e. The van der Waals surface area contributed by atoms with Gasteiger partial charge in [-0.2, -0.15) is 0 Å². The van der Waals surface area contributed by atoms with Crippen molar-refractivity contribution < 1.29 is 4.79 Å². The van der Waals surface area contributed by atoms with E-state index >= 15 is 0 Å². The molecule has 0 radical (unpaired) electrons. The van der Waals surface area contributed by atoms with Gasteiger partial charge in [-0.25, -0.2) is 4.98 Å². The number of fused-ring (bicyclic) bond motifs is 1. The summed E-state index contributed by atoms with van der Waals surface area (Å²) in [5, 5.41) is 5.79. The molecule has 1 fully saturated rings. The predicted octanol–water partition coefficient (Wildman–Crippen LogP) is 3.18. The summed E-state index contributed by atoms with van der Waals surface area (Å²) < 4.78 is 1.53. The van der Waals surface area contributed by atoms with Crippen LogP contribution in [0.5, 0.6) is 0 Å². The number of carbonyl (C=O) groups is 1. The number of nitrogens with one attached hydrogen (secondary N) is 1. The van der Waals surface area contributed by atoms with Crippen molar-refractivity contribution in [1.82, 2.24) is 19.8 Å². The number of thiophene rings is 1. The lowest BCUT2D eigenvalue weighted by Gasteiger charge is -2.31. The van der Waals surface area contributed by atoms with Gasteiger partial charge in [0.25, 0.3) is 5.56 Å². The maximum absolute atomic E-state index is 12.6. The van der Waals surface area contributed by atoms with E-state index in [0.29, 0.717) is 17.8 Å². The number of nitrogens with zero attached hydrogens (tertiary/aromatic N) is 3. The summed E-state index contributed by atoms with van der Waals surface area (Å²) in [6, 6.07) is 9.89. The lowest BCUT2D eigenvalue weighted by atomic mass is 9.96. The van der Waals surface area contributed by atoms with Crippen LogP contribution in [0.4, 0.5) is 0 Å². The molecule has 6 nitrogen and oxygen atoms in total. The molecule has 0 bridgehead atoms. The summed E-state index contributed by atoms with van der Waals surface area (Å²) in [6.07, 6.45) is 4.06. The van der Waals surface area contributed by atoms with E-state index in [1.54, 1.807) is 12.4 Å². The standard InChI is InChI=1S/C23H28N4O2S/c1-17-4-2-6-20-22(17)25-16-27(23(20)29)12-9-21(28)24-14-18-7-10-26(11-8-18)15-19-5-3-13-30-19/h2-6,13,16,18H,7-12,14-15H2,1H3,(H,24,28). The predicted molar refractivity (Wildman–Crippen MR) is 121 cm³/mol. The lowest BCUT2D eigenvalue weighted by molar-refractivity contribution is -0.121. The van der Waals surface area contributed by atoms with Crippen LogP contribution >= 0.6 is 11.3 Å². The molecular formula is C23H28N4O2S. The van der Waals surface area contributed by atoms with Crippen LogP contribution in [0.1, 0.15) is 29.7 Å². The third-order valence-corrected chi connectivity index (χ3v) is 6.75. The van der Waals surface area contributed by atoms with E-state index in [0.717, 1.165) is 50.1 Å². The Morgan fingerprint density at radius 1 is 1.23 bits per heavy atom. The summed E-state index contributed by atoms with van der Waals surface area (Å²) in [5.74, 6) is 0.522. The van der Waals surface area contributed by atoms with E-state index in [2.05, 4.69) is 32.7 Å². The first kappa shape index (κ1) is 20.8. The van der Waals surface area contributed by atoms with Crippen LogP contribution in [0.3, 0.4) is 0 Å². The molecule has 3 heterocycles. The van der Waals surface area contributed by atoms with Crippen molar-refractivity contribution in [2.45, 2.75) is 39.3 Å². The molecule has 1 saturated heterocycles. The van der Waals surface area contributed by atoms with Gasteiger partial charge < -0.3 is 5.32 Å². The molecule has 30 heavy (non-hydrogen) atoms. The molecule has 0 aliphatic carbocycles. The van der Waals surface area contributed by atoms with E-state index < -0.39 is 0 Å². The van der Waals surface area contributed by atoms with Gasteiger partial charge >= 0.3 is 0 Å². The van der Waals surface area contributed by atoms with Crippen molar-refractivity contribution in [2.75, 3.05) is 19.6 Å². The number of amides is 1. The number of carbonyl (C=O) groups excluding carboxylic acids is 1. The van der Waals surface area contributed by atoms with Crippen molar-refractivity contribution in [3.05, 3.63) is 62.8 Å². The third kappa shape index (κ3) is 4.96. The Balaban J connectivity index is 1.22. The van der Waals surface area contributed by atoms with Crippen molar-refractivity contribution in [2.24, 2.45) is 5.92 Å². The normalized spacial score (nSPS) is 15.5. The molecule has 0 spiro atoms. The Morgan fingerprint density at radius 2 is 2.07 bits per heavy atom. The minimum atomic E-state index is -0.0883. The van der Waals surface area contributed by atoms with Crippen molar-refractivity contribution in [1.29, 1.82) is 0 Å². The summed E-state index contributed by atoms with van der Waals surface area (Å²) in [7, 11) is 0.